The lowest BCUT2D eigenvalue weighted by atomic mass is 9.92. The van der Waals surface area contributed by atoms with Crippen LogP contribution in [0.5, 0.6) is 17.2 Å². The van der Waals surface area contributed by atoms with Gasteiger partial charge in [0.05, 0.1) is 41.9 Å². The van der Waals surface area contributed by atoms with Crippen LogP contribution >= 0.6 is 0 Å². The first-order chi connectivity index (χ1) is 27.6. The number of hydrogen-bond donors (Lipinski definition) is 0. The second-order valence-corrected chi connectivity index (χ2v) is 13.6. The summed E-state index contributed by atoms with van der Waals surface area (Å²) < 4.78 is 175. The van der Waals surface area contributed by atoms with Crippen molar-refractivity contribution in [3.05, 3.63) is 125 Å². The zero-order valence-corrected chi connectivity index (χ0v) is 32.9. The number of halogens is 12. The molecule has 0 aromatic heterocycles. The topological polar surface area (TPSA) is 27.7 Å². The predicted molar refractivity (Wildman–Crippen MR) is 200 cm³/mol. The Balaban J connectivity index is 0.000000809. The molecule has 0 spiro atoms. The minimum absolute atomic E-state index is 0.0202. The van der Waals surface area contributed by atoms with Crippen LogP contribution < -0.4 is 14.0 Å². The molecule has 0 aliphatic rings. The molecule has 4 aromatic carbocycles. The Morgan fingerprint density at radius 3 is 1.31 bits per heavy atom. The Morgan fingerprint density at radius 2 is 0.915 bits per heavy atom. The summed E-state index contributed by atoms with van der Waals surface area (Å²) in [5.74, 6) is -0.313. The van der Waals surface area contributed by atoms with E-state index in [1.54, 1.807) is 0 Å². The van der Waals surface area contributed by atoms with Gasteiger partial charge in [-0.25, -0.2) is 0 Å². The summed E-state index contributed by atoms with van der Waals surface area (Å²) in [6, 6.07) is 16.6. The van der Waals surface area contributed by atoms with E-state index < -0.39 is 60.3 Å². The van der Waals surface area contributed by atoms with Gasteiger partial charge in [0, 0.05) is 6.42 Å². The van der Waals surface area contributed by atoms with E-state index in [0.717, 1.165) is 111 Å². The molecule has 1 atom stereocenters. The zero-order valence-electron chi connectivity index (χ0n) is 32.9. The maximum absolute atomic E-state index is 14.1. The lowest BCUT2D eigenvalue weighted by Crippen LogP contribution is -2.50. The van der Waals surface area contributed by atoms with Crippen molar-refractivity contribution < 1.29 is 71.1 Å². The summed E-state index contributed by atoms with van der Waals surface area (Å²) in [7, 11) is -1.82. The van der Waals surface area contributed by atoms with Crippen LogP contribution in [-0.4, -0.2) is 31.4 Å². The number of quaternary nitrogens is 1. The highest BCUT2D eigenvalue weighted by molar-refractivity contribution is 6.39. The lowest BCUT2D eigenvalue weighted by Gasteiger charge is -2.44. The number of benzene rings is 4. The van der Waals surface area contributed by atoms with Crippen LogP contribution in [-0.2, 0) is 24.7 Å². The molecule has 0 saturated carbocycles. The van der Waals surface area contributed by atoms with Crippen molar-refractivity contribution in [3.63, 3.8) is 0 Å². The maximum atomic E-state index is 14.1. The highest BCUT2D eigenvalue weighted by Crippen LogP contribution is 2.42. The largest absolute Gasteiger partial charge is 0.864 e. The molecule has 0 radical (unpaired) electrons. The molecule has 0 saturated heterocycles. The number of alkyl halides is 12. The van der Waals surface area contributed by atoms with Crippen LogP contribution in [0.2, 0.25) is 0 Å². The Bertz CT molecular complexity index is 1760. The van der Waals surface area contributed by atoms with E-state index in [4.69, 9.17) is 14.0 Å². The van der Waals surface area contributed by atoms with E-state index in [1.807, 2.05) is 20.8 Å². The van der Waals surface area contributed by atoms with E-state index >= 15 is 0 Å². The van der Waals surface area contributed by atoms with Crippen LogP contribution in [0.1, 0.15) is 100 Å². The minimum Gasteiger partial charge on any atom is -0.490 e. The molecule has 4 aromatic rings. The summed E-state index contributed by atoms with van der Waals surface area (Å²) >= 11 is 0. The lowest BCUT2D eigenvalue weighted by molar-refractivity contribution is -0.953. The van der Waals surface area contributed by atoms with Crippen molar-refractivity contribution in [1.29, 1.82) is 0 Å². The summed E-state index contributed by atoms with van der Waals surface area (Å²) in [6.07, 6.45) is -13.0. The van der Waals surface area contributed by atoms with Gasteiger partial charge in [-0.2, -0.15) is 83.0 Å². The molecular weight excluding hydrogens is 805 g/mol. The van der Waals surface area contributed by atoms with Gasteiger partial charge >= 0.3 is 32.0 Å². The molecule has 4 nitrogen and oxygen atoms in total. The smallest absolute Gasteiger partial charge is 0.490 e. The fourth-order valence-corrected chi connectivity index (χ4v) is 6.51. The molecule has 17 heteroatoms. The van der Waals surface area contributed by atoms with Gasteiger partial charge in [-0.1, -0.05) is 38.2 Å². The molecule has 0 aliphatic carbocycles. The number of nitrogens with zero attached hydrogens (tertiary/aromatic N) is 1. The summed E-state index contributed by atoms with van der Waals surface area (Å²) in [4.78, 5) is 0. The molecule has 0 heterocycles. The van der Waals surface area contributed by atoms with Crippen LogP contribution in [0.3, 0.4) is 0 Å². The molecule has 0 bridgehead atoms. The van der Waals surface area contributed by atoms with Crippen LogP contribution in [0, 0.1) is 6.07 Å². The van der Waals surface area contributed by atoms with Gasteiger partial charge < -0.3 is 18.4 Å². The number of unbranched alkanes of at least 4 members (excludes halogenated alkanes) is 4. The van der Waals surface area contributed by atoms with Gasteiger partial charge in [0.1, 0.15) is 23.3 Å². The molecular formula is C42H46BF12NO3. The highest BCUT2D eigenvalue weighted by atomic mass is 19.4. The third kappa shape index (κ3) is 14.6. The van der Waals surface area contributed by atoms with Gasteiger partial charge in [-0.15, -0.1) is 0 Å². The van der Waals surface area contributed by atoms with E-state index in [0.29, 0.717) is 30.5 Å². The molecule has 0 amide bonds. The van der Waals surface area contributed by atoms with Gasteiger partial charge in [0.25, 0.3) is 0 Å². The quantitative estimate of drug-likeness (QED) is 0.0348. The van der Waals surface area contributed by atoms with Crippen LogP contribution in [0.25, 0.3) is 0 Å². The van der Waals surface area contributed by atoms with E-state index in [9.17, 15) is 52.7 Å². The second-order valence-electron chi connectivity index (χ2n) is 13.6. The molecule has 0 N–H and O–H groups in total. The molecule has 324 valence electrons. The standard InChI is InChI=1S/C35H42BF9NO3.C7H4F3/c1-5-9-10-11-12-13-31(46(6-2,7-3)8-4)30-24-27(35(43,44)45)18-23-32(30)49-36(47-28-19-14-25(15-20-28)33(37,38)39)48-29-21-16-26(17-22-29)34(40,41)42;8-7(9,10)6-4-2-1-3-5-6/h14-24,31H,5-13H2,1-4H3;2-5H/q+1;-1. The first kappa shape index (κ1) is 48.8. The van der Waals surface area contributed by atoms with Crippen molar-refractivity contribution >= 4 is 7.32 Å². The van der Waals surface area contributed by atoms with E-state index in [-0.39, 0.29) is 22.8 Å². The average molecular weight is 852 g/mol. The van der Waals surface area contributed by atoms with Crippen molar-refractivity contribution in [2.24, 2.45) is 0 Å². The SMILES string of the molecule is CCCCCCCC(c1cc(C(F)(F)F)ccc1OB(Oc1ccc(C(F)(F)F)cc1)Oc1ccc(C(F)(F)F)cc1)[N+](CC)(CC)CC.FC(F)(F)c1cc[c-]cc1. The highest BCUT2D eigenvalue weighted by Gasteiger charge is 2.41. The molecule has 59 heavy (non-hydrogen) atoms. The fourth-order valence-electron chi connectivity index (χ4n) is 6.51. The van der Waals surface area contributed by atoms with E-state index in [2.05, 4.69) is 13.0 Å². The van der Waals surface area contributed by atoms with Gasteiger partial charge in [0.15, 0.2) is 0 Å². The van der Waals surface area contributed by atoms with Gasteiger partial charge in [0.2, 0.25) is 0 Å². The molecule has 0 aliphatic heterocycles. The molecule has 0 fully saturated rings. The summed E-state index contributed by atoms with van der Waals surface area (Å²) in [6.45, 7) is 9.81. The van der Waals surface area contributed by atoms with Crippen molar-refractivity contribution in [1.82, 2.24) is 0 Å². The number of rotatable bonds is 17. The number of hydrogen-bond acceptors (Lipinski definition) is 3. The second kappa shape index (κ2) is 21.1. The normalized spacial score (nSPS) is 12.9. The Labute approximate surface area is 336 Å². The Kier molecular flexibility index (Phi) is 17.5. The zero-order chi connectivity index (χ0) is 44.1. The van der Waals surface area contributed by atoms with Crippen LogP contribution in [0.4, 0.5) is 52.7 Å². The van der Waals surface area contributed by atoms with Gasteiger partial charge in [-0.05, 0) is 93.9 Å². The minimum atomic E-state index is -4.67. The van der Waals surface area contributed by atoms with Crippen LogP contribution in [0.15, 0.2) is 91.0 Å². The third-order valence-corrected chi connectivity index (χ3v) is 9.92. The maximum Gasteiger partial charge on any atom is 0.864 e. The van der Waals surface area contributed by atoms with Crippen molar-refractivity contribution in [2.45, 2.75) is 97.0 Å². The fraction of sp³-hybridized carbons (Fsp3) is 0.429. The Hall–Kier alpha value is -4.54. The summed E-state index contributed by atoms with van der Waals surface area (Å²) in [5, 5.41) is 0. The van der Waals surface area contributed by atoms with Crippen molar-refractivity contribution in [3.8, 4) is 17.2 Å². The van der Waals surface area contributed by atoms with Crippen molar-refractivity contribution in [2.75, 3.05) is 19.6 Å². The first-order valence-corrected chi connectivity index (χ1v) is 19.0. The van der Waals surface area contributed by atoms with Gasteiger partial charge in [-0.3, -0.25) is 0 Å². The predicted octanol–water partition coefficient (Wildman–Crippen LogP) is 14.0. The monoisotopic (exact) mass is 851 g/mol. The average Bonchev–Trinajstić information content (AvgIpc) is 3.17. The molecule has 4 rings (SSSR count). The first-order valence-electron chi connectivity index (χ1n) is 19.0. The summed E-state index contributed by atoms with van der Waals surface area (Å²) in [5.41, 5.74) is -3.20. The Morgan fingerprint density at radius 1 is 0.508 bits per heavy atom. The third-order valence-electron chi connectivity index (χ3n) is 9.92. The molecule has 1 unspecified atom stereocenters. The van der Waals surface area contributed by atoms with E-state index in [1.165, 1.54) is 12.1 Å².